The summed E-state index contributed by atoms with van der Waals surface area (Å²) in [6.45, 7) is 5.59. The summed E-state index contributed by atoms with van der Waals surface area (Å²) in [6, 6.07) is 9.03. The van der Waals surface area contributed by atoms with Crippen molar-refractivity contribution in [3.8, 4) is 5.69 Å². The van der Waals surface area contributed by atoms with Crippen molar-refractivity contribution in [3.63, 3.8) is 0 Å². The highest BCUT2D eigenvalue weighted by Gasteiger charge is 2.59. The number of nitrogens with zero attached hydrogens (tertiary/aromatic N) is 5. The molecule has 0 spiro atoms. The lowest BCUT2D eigenvalue weighted by molar-refractivity contribution is -0.176. The van der Waals surface area contributed by atoms with Crippen LogP contribution < -0.4 is 16.2 Å². The van der Waals surface area contributed by atoms with E-state index in [9.17, 15) is 13.6 Å². The van der Waals surface area contributed by atoms with Gasteiger partial charge in [-0.2, -0.15) is 4.98 Å². The van der Waals surface area contributed by atoms with E-state index in [-0.39, 0.29) is 34.8 Å². The quantitative estimate of drug-likeness (QED) is 0.381. The molecule has 2 N–H and O–H groups in total. The SMILES string of the molecule is C=CCn1c(=O)c2cnc(Nc3ccc4c(c3)CNCC4)nc2n1-c1ccnc(C2(F)CC(F)(F)C2)c1. The summed E-state index contributed by atoms with van der Waals surface area (Å²) in [5, 5.41) is 6.80. The molecule has 3 aromatic heterocycles. The number of aromatic nitrogens is 5. The zero-order chi connectivity index (χ0) is 25.8. The van der Waals surface area contributed by atoms with Crippen LogP contribution >= 0.6 is 0 Å². The molecule has 0 saturated heterocycles. The number of fused-ring (bicyclic) bond motifs is 2. The molecule has 11 heteroatoms. The third-order valence-corrected chi connectivity index (χ3v) is 6.85. The first-order chi connectivity index (χ1) is 17.8. The minimum absolute atomic E-state index is 0.106. The second-order valence-electron chi connectivity index (χ2n) is 9.53. The van der Waals surface area contributed by atoms with Gasteiger partial charge in [0.1, 0.15) is 5.39 Å². The van der Waals surface area contributed by atoms with Gasteiger partial charge in [0.2, 0.25) is 5.95 Å². The van der Waals surface area contributed by atoms with Crippen LogP contribution in [0.2, 0.25) is 0 Å². The number of anilines is 2. The molecule has 0 unspecified atom stereocenters. The summed E-state index contributed by atoms with van der Waals surface area (Å²) in [7, 11) is 0. The third-order valence-electron chi connectivity index (χ3n) is 6.85. The predicted molar refractivity (Wildman–Crippen MR) is 133 cm³/mol. The molecule has 4 heterocycles. The lowest BCUT2D eigenvalue weighted by atomic mass is 9.76. The van der Waals surface area contributed by atoms with Crippen LogP contribution in [0.25, 0.3) is 16.7 Å². The smallest absolute Gasteiger partial charge is 0.278 e. The van der Waals surface area contributed by atoms with Crippen LogP contribution in [-0.4, -0.2) is 36.8 Å². The molecule has 1 aliphatic carbocycles. The van der Waals surface area contributed by atoms with Gasteiger partial charge in [0.05, 0.1) is 30.8 Å². The Morgan fingerprint density at radius 3 is 2.76 bits per heavy atom. The van der Waals surface area contributed by atoms with Crippen molar-refractivity contribution in [1.29, 1.82) is 0 Å². The summed E-state index contributed by atoms with van der Waals surface area (Å²) in [5.74, 6) is -2.78. The fourth-order valence-electron chi connectivity index (χ4n) is 5.07. The number of alkyl halides is 3. The van der Waals surface area contributed by atoms with E-state index < -0.39 is 24.4 Å². The Morgan fingerprint density at radius 1 is 1.14 bits per heavy atom. The molecule has 0 bridgehead atoms. The van der Waals surface area contributed by atoms with Gasteiger partial charge < -0.3 is 10.6 Å². The maximum Gasteiger partial charge on any atom is 0.278 e. The van der Waals surface area contributed by atoms with E-state index in [1.54, 1.807) is 12.1 Å². The van der Waals surface area contributed by atoms with Gasteiger partial charge in [0, 0.05) is 24.6 Å². The molecule has 2 aliphatic rings. The van der Waals surface area contributed by atoms with Gasteiger partial charge in [0.15, 0.2) is 11.3 Å². The second-order valence-corrected chi connectivity index (χ2v) is 9.53. The van der Waals surface area contributed by atoms with Crippen LogP contribution in [0.5, 0.6) is 0 Å². The minimum atomic E-state index is -3.06. The van der Waals surface area contributed by atoms with Gasteiger partial charge in [-0.05, 0) is 48.4 Å². The average Bonchev–Trinajstić information content (AvgIpc) is 3.14. The second kappa shape index (κ2) is 8.55. The highest BCUT2D eigenvalue weighted by Crippen LogP contribution is 2.54. The fourth-order valence-corrected chi connectivity index (χ4v) is 5.07. The van der Waals surface area contributed by atoms with Crippen molar-refractivity contribution in [1.82, 2.24) is 29.6 Å². The van der Waals surface area contributed by atoms with Gasteiger partial charge in [-0.15, -0.1) is 6.58 Å². The highest BCUT2D eigenvalue weighted by atomic mass is 19.3. The number of hydrogen-bond acceptors (Lipinski definition) is 6. The van der Waals surface area contributed by atoms with Crippen LogP contribution in [0.4, 0.5) is 24.8 Å². The molecule has 0 atom stereocenters. The van der Waals surface area contributed by atoms with Crippen LogP contribution in [0.15, 0.2) is 60.2 Å². The Bertz CT molecular complexity index is 1590. The van der Waals surface area contributed by atoms with E-state index in [1.165, 1.54) is 39.0 Å². The maximum atomic E-state index is 15.1. The zero-order valence-electron chi connectivity index (χ0n) is 19.8. The van der Waals surface area contributed by atoms with Gasteiger partial charge in [-0.3, -0.25) is 9.78 Å². The lowest BCUT2D eigenvalue weighted by Gasteiger charge is -2.40. The van der Waals surface area contributed by atoms with Crippen molar-refractivity contribution in [2.75, 3.05) is 11.9 Å². The van der Waals surface area contributed by atoms with E-state index in [2.05, 4.69) is 38.2 Å². The number of nitrogens with one attached hydrogen (secondary N) is 2. The summed E-state index contributed by atoms with van der Waals surface area (Å²) in [4.78, 5) is 26.1. The average molecular weight is 508 g/mol. The molecular weight excluding hydrogens is 483 g/mol. The monoisotopic (exact) mass is 507 g/mol. The maximum absolute atomic E-state index is 15.1. The van der Waals surface area contributed by atoms with Crippen molar-refractivity contribution < 1.29 is 13.2 Å². The number of allylic oxidation sites excluding steroid dienone is 1. The van der Waals surface area contributed by atoms with Gasteiger partial charge in [0.25, 0.3) is 11.5 Å². The fraction of sp³-hybridized carbons (Fsp3) is 0.308. The number of pyridine rings is 1. The van der Waals surface area contributed by atoms with E-state index in [1.807, 2.05) is 12.1 Å². The van der Waals surface area contributed by atoms with Gasteiger partial charge in [-0.1, -0.05) is 12.1 Å². The molecule has 0 amide bonds. The molecule has 6 rings (SSSR count). The number of halogens is 3. The van der Waals surface area contributed by atoms with E-state index in [0.717, 1.165) is 25.2 Å². The van der Waals surface area contributed by atoms with Crippen LogP contribution in [-0.2, 0) is 25.2 Å². The zero-order valence-corrected chi connectivity index (χ0v) is 19.8. The van der Waals surface area contributed by atoms with E-state index >= 15 is 4.39 Å². The Kier molecular flexibility index (Phi) is 5.41. The summed E-state index contributed by atoms with van der Waals surface area (Å²) < 4.78 is 45.0. The predicted octanol–water partition coefficient (Wildman–Crippen LogP) is 4.15. The van der Waals surface area contributed by atoms with Crippen LogP contribution in [0.3, 0.4) is 0 Å². The molecule has 190 valence electrons. The van der Waals surface area contributed by atoms with Crippen LogP contribution in [0, 0.1) is 0 Å². The largest absolute Gasteiger partial charge is 0.324 e. The Labute approximate surface area is 209 Å². The standard InChI is InChI=1S/C26H24F3N7O/c1-2-9-35-23(37)20-13-32-24(33-18-4-3-16-5-7-30-12-17(16)10-18)34-22(20)36(35)19-6-8-31-21(11-19)25(27)14-26(28,29)15-25/h2-4,6,8,10-11,13,30H,1,5,7,9,12,14-15H2,(H,32,33,34). The van der Waals surface area contributed by atoms with Crippen LogP contribution in [0.1, 0.15) is 29.7 Å². The molecule has 37 heavy (non-hydrogen) atoms. The molecule has 8 nitrogen and oxygen atoms in total. The first kappa shape index (κ1) is 23.4. The number of hydrogen-bond donors (Lipinski definition) is 2. The molecule has 1 aromatic carbocycles. The minimum Gasteiger partial charge on any atom is -0.324 e. The summed E-state index contributed by atoms with van der Waals surface area (Å²) in [6.07, 6.45) is 3.46. The lowest BCUT2D eigenvalue weighted by Crippen LogP contribution is -2.46. The summed E-state index contributed by atoms with van der Waals surface area (Å²) >= 11 is 0. The van der Waals surface area contributed by atoms with Gasteiger partial charge >= 0.3 is 0 Å². The number of benzene rings is 1. The first-order valence-corrected chi connectivity index (χ1v) is 12.0. The first-order valence-electron chi connectivity index (χ1n) is 12.0. The van der Waals surface area contributed by atoms with Crippen molar-refractivity contribution in [3.05, 3.63) is 82.6 Å². The molecule has 1 aliphatic heterocycles. The molecule has 1 fully saturated rings. The molecular formula is C26H24F3N7O. The highest BCUT2D eigenvalue weighted by molar-refractivity contribution is 5.77. The summed E-state index contributed by atoms with van der Waals surface area (Å²) in [5.41, 5.74) is 1.25. The molecule has 4 aromatic rings. The van der Waals surface area contributed by atoms with E-state index in [0.29, 0.717) is 5.69 Å². The van der Waals surface area contributed by atoms with Gasteiger partial charge in [-0.25, -0.2) is 27.5 Å². The van der Waals surface area contributed by atoms with Crippen molar-refractivity contribution in [2.24, 2.45) is 0 Å². The Balaban J connectivity index is 1.43. The Hall–Kier alpha value is -3.99. The third kappa shape index (κ3) is 4.08. The molecule has 0 radical (unpaired) electrons. The Morgan fingerprint density at radius 2 is 1.97 bits per heavy atom. The topological polar surface area (TPSA) is 89.7 Å². The normalized spacial score (nSPS) is 17.7. The number of rotatable bonds is 6. The molecule has 1 saturated carbocycles. The van der Waals surface area contributed by atoms with E-state index in [4.69, 9.17) is 0 Å². The van der Waals surface area contributed by atoms with Crippen molar-refractivity contribution >= 4 is 22.7 Å². The van der Waals surface area contributed by atoms with Crippen molar-refractivity contribution in [2.45, 2.75) is 43.9 Å².